The number of amidine groups is 1. The average Bonchev–Trinajstić information content (AvgIpc) is 2.58. The number of ether oxygens (including phenoxy) is 1. The van der Waals surface area contributed by atoms with Crippen molar-refractivity contribution in [2.45, 2.75) is 33.1 Å². The summed E-state index contributed by atoms with van der Waals surface area (Å²) in [5.74, 6) is 1.48. The Morgan fingerprint density at radius 3 is 2.41 bits per heavy atom. The predicted molar refractivity (Wildman–Crippen MR) is 71.4 cm³/mol. The maximum absolute atomic E-state index is 5.93. The molecule has 1 heterocycles. The lowest BCUT2D eigenvalue weighted by molar-refractivity contribution is -0.0220. The van der Waals surface area contributed by atoms with Gasteiger partial charge in [0.15, 0.2) is 0 Å². The fourth-order valence-electron chi connectivity index (χ4n) is 1.98. The minimum Gasteiger partial charge on any atom is -0.384 e. The summed E-state index contributed by atoms with van der Waals surface area (Å²) >= 11 is 0. The van der Waals surface area contributed by atoms with Crippen LogP contribution in [0.1, 0.15) is 20.8 Å². The van der Waals surface area contributed by atoms with Gasteiger partial charge in [-0.25, -0.2) is 0 Å². The number of rotatable bonds is 4. The van der Waals surface area contributed by atoms with Crippen LogP contribution in [0.25, 0.3) is 0 Å². The molecule has 17 heavy (non-hydrogen) atoms. The molecule has 4 nitrogen and oxygen atoms in total. The molecule has 0 aromatic carbocycles. The van der Waals surface area contributed by atoms with Crippen molar-refractivity contribution in [1.29, 1.82) is 0 Å². The highest BCUT2D eigenvalue weighted by atomic mass is 16.5. The van der Waals surface area contributed by atoms with Gasteiger partial charge in [0.2, 0.25) is 0 Å². The second-order valence-electron chi connectivity index (χ2n) is 4.54. The lowest BCUT2D eigenvalue weighted by Gasteiger charge is -2.26. The van der Waals surface area contributed by atoms with E-state index in [9.17, 15) is 0 Å². The summed E-state index contributed by atoms with van der Waals surface area (Å²) in [4.78, 5) is 5.82. The molecule has 4 unspecified atom stereocenters. The predicted octanol–water partition coefficient (Wildman–Crippen LogP) is 1.95. The highest BCUT2D eigenvalue weighted by Crippen LogP contribution is 2.33. The lowest BCUT2D eigenvalue weighted by atomic mass is 9.93. The van der Waals surface area contributed by atoms with Crippen LogP contribution in [0.3, 0.4) is 0 Å². The zero-order chi connectivity index (χ0) is 13.0. The fraction of sp³-hybridized carbons (Fsp3) is 0.615. The van der Waals surface area contributed by atoms with Crippen molar-refractivity contribution in [3.63, 3.8) is 0 Å². The smallest absolute Gasteiger partial charge is 0.136 e. The molecule has 0 amide bonds. The molecule has 1 fully saturated rings. The molecule has 0 spiro atoms. The second kappa shape index (κ2) is 5.87. The Bertz CT molecular complexity index is 325. The van der Waals surface area contributed by atoms with Crippen molar-refractivity contribution < 1.29 is 4.74 Å². The maximum Gasteiger partial charge on any atom is 0.136 e. The van der Waals surface area contributed by atoms with E-state index in [1.807, 2.05) is 11.1 Å². The van der Waals surface area contributed by atoms with Crippen molar-refractivity contribution in [2.75, 3.05) is 7.05 Å². The van der Waals surface area contributed by atoms with Crippen LogP contribution in [0.4, 0.5) is 0 Å². The molecule has 0 bridgehead atoms. The van der Waals surface area contributed by atoms with Crippen LogP contribution in [0.15, 0.2) is 30.0 Å². The molecule has 1 aliphatic heterocycles. The SMILES string of the molecule is C=CN(/C=C\C(N)=N/C)C1OC(C)C(C)C1C. The first-order valence-corrected chi connectivity index (χ1v) is 5.97. The van der Waals surface area contributed by atoms with Gasteiger partial charge in [0.05, 0.1) is 6.10 Å². The standard InChI is InChI=1S/C13H23N3O/c1-6-16(8-7-12(14)15-5)13-10(3)9(2)11(4)17-13/h6-11,13H,1H2,2-5H3,(H2,14,15)/b8-7-. The van der Waals surface area contributed by atoms with Crippen molar-refractivity contribution in [1.82, 2.24) is 4.90 Å². The zero-order valence-electron chi connectivity index (χ0n) is 11.1. The van der Waals surface area contributed by atoms with Crippen molar-refractivity contribution in [3.8, 4) is 0 Å². The third-order valence-electron chi connectivity index (χ3n) is 3.55. The van der Waals surface area contributed by atoms with Crippen molar-refractivity contribution >= 4 is 5.84 Å². The quantitative estimate of drug-likeness (QED) is 0.600. The van der Waals surface area contributed by atoms with E-state index < -0.39 is 0 Å². The highest BCUT2D eigenvalue weighted by Gasteiger charge is 2.38. The summed E-state index contributed by atoms with van der Waals surface area (Å²) in [6.07, 6.45) is 5.67. The summed E-state index contributed by atoms with van der Waals surface area (Å²) in [7, 11) is 1.66. The molecular weight excluding hydrogens is 214 g/mol. The molecular formula is C13H23N3O. The molecule has 0 aromatic heterocycles. The minimum absolute atomic E-state index is 0.0263. The summed E-state index contributed by atoms with van der Waals surface area (Å²) in [6, 6.07) is 0. The van der Waals surface area contributed by atoms with Gasteiger partial charge in [-0.2, -0.15) is 0 Å². The van der Waals surface area contributed by atoms with Crippen LogP contribution in [0.2, 0.25) is 0 Å². The van der Waals surface area contributed by atoms with Gasteiger partial charge in [-0.3, -0.25) is 4.99 Å². The Morgan fingerprint density at radius 2 is 2.00 bits per heavy atom. The van der Waals surface area contributed by atoms with Gasteiger partial charge >= 0.3 is 0 Å². The number of aliphatic imine (C=N–C) groups is 1. The van der Waals surface area contributed by atoms with Crippen molar-refractivity contribution in [3.05, 3.63) is 25.1 Å². The average molecular weight is 237 g/mol. The van der Waals surface area contributed by atoms with Crippen LogP contribution in [0.5, 0.6) is 0 Å². The first kappa shape index (κ1) is 13.8. The molecule has 0 aromatic rings. The maximum atomic E-state index is 5.93. The molecule has 4 heteroatoms. The van der Waals surface area contributed by atoms with Gasteiger partial charge in [-0.1, -0.05) is 20.4 Å². The largest absolute Gasteiger partial charge is 0.384 e. The second-order valence-corrected chi connectivity index (χ2v) is 4.54. The van der Waals surface area contributed by atoms with E-state index in [1.54, 1.807) is 19.3 Å². The number of hydrogen-bond acceptors (Lipinski definition) is 3. The highest BCUT2D eigenvalue weighted by molar-refractivity contribution is 5.91. The normalized spacial score (nSPS) is 34.2. The van der Waals surface area contributed by atoms with Crippen LogP contribution < -0.4 is 5.73 Å². The van der Waals surface area contributed by atoms with E-state index in [2.05, 4.69) is 32.3 Å². The fourth-order valence-corrected chi connectivity index (χ4v) is 1.98. The summed E-state index contributed by atoms with van der Waals surface area (Å²) in [6.45, 7) is 10.3. The number of nitrogens with zero attached hydrogens (tertiary/aromatic N) is 2. The zero-order valence-corrected chi connectivity index (χ0v) is 11.1. The van der Waals surface area contributed by atoms with E-state index in [0.29, 0.717) is 17.7 Å². The minimum atomic E-state index is 0.0263. The van der Waals surface area contributed by atoms with Gasteiger partial charge in [-0.05, 0) is 25.1 Å². The molecule has 4 atom stereocenters. The van der Waals surface area contributed by atoms with E-state index in [0.717, 1.165) is 0 Å². The van der Waals surface area contributed by atoms with E-state index in [1.165, 1.54) is 0 Å². The van der Waals surface area contributed by atoms with Crippen molar-refractivity contribution in [2.24, 2.45) is 22.6 Å². The summed E-state index contributed by atoms with van der Waals surface area (Å²) in [5.41, 5.74) is 5.63. The third-order valence-corrected chi connectivity index (χ3v) is 3.55. The molecule has 0 aliphatic carbocycles. The Morgan fingerprint density at radius 1 is 1.35 bits per heavy atom. The topological polar surface area (TPSA) is 50.8 Å². The molecule has 1 aliphatic rings. The molecule has 0 saturated carbocycles. The summed E-state index contributed by atoms with van der Waals surface area (Å²) in [5, 5.41) is 0. The Balaban J connectivity index is 2.75. The van der Waals surface area contributed by atoms with Gasteiger partial charge in [0.1, 0.15) is 12.1 Å². The molecule has 0 radical (unpaired) electrons. The van der Waals surface area contributed by atoms with Gasteiger partial charge in [0, 0.05) is 19.2 Å². The molecule has 1 rings (SSSR count). The molecule has 2 N–H and O–H groups in total. The van der Waals surface area contributed by atoms with Crippen LogP contribution in [0, 0.1) is 11.8 Å². The van der Waals surface area contributed by atoms with E-state index >= 15 is 0 Å². The first-order valence-electron chi connectivity index (χ1n) is 5.97. The lowest BCUT2D eigenvalue weighted by Crippen LogP contribution is -2.31. The Kier molecular flexibility index (Phi) is 4.75. The monoisotopic (exact) mass is 237 g/mol. The van der Waals surface area contributed by atoms with Crippen LogP contribution in [-0.2, 0) is 4.74 Å². The summed E-state index contributed by atoms with van der Waals surface area (Å²) < 4.78 is 5.93. The van der Waals surface area contributed by atoms with Crippen LogP contribution >= 0.6 is 0 Å². The van der Waals surface area contributed by atoms with Gasteiger partial charge in [-0.15, -0.1) is 0 Å². The molecule has 96 valence electrons. The van der Waals surface area contributed by atoms with E-state index in [4.69, 9.17) is 10.5 Å². The molecule has 1 saturated heterocycles. The Hall–Kier alpha value is -1.29. The third kappa shape index (κ3) is 3.09. The van der Waals surface area contributed by atoms with Gasteiger partial charge < -0.3 is 15.4 Å². The van der Waals surface area contributed by atoms with Crippen LogP contribution in [-0.4, -0.2) is 30.1 Å². The number of nitrogens with two attached hydrogens (primary N) is 1. The van der Waals surface area contributed by atoms with E-state index in [-0.39, 0.29) is 12.3 Å². The number of hydrogen-bond donors (Lipinski definition) is 1. The first-order chi connectivity index (χ1) is 8.01. The Labute approximate surface area is 104 Å². The van der Waals surface area contributed by atoms with Gasteiger partial charge in [0.25, 0.3) is 0 Å².